The molecule has 18 heavy (non-hydrogen) atoms. The Balaban J connectivity index is 2.21. The van der Waals surface area contributed by atoms with Crippen LogP contribution >= 0.6 is 0 Å². The van der Waals surface area contributed by atoms with E-state index in [9.17, 15) is 0 Å². The van der Waals surface area contributed by atoms with E-state index in [1.807, 2.05) is 37.3 Å². The molecule has 0 spiro atoms. The standard InChI is InChI=1S/C16H19NO/c1-12-8-10-14(11-9-12)16(13(2)17)18-15-6-4-3-5-7-15/h3-11,13,16H,17H2,1-2H3. The topological polar surface area (TPSA) is 35.2 Å². The van der Waals surface area contributed by atoms with Crippen LogP contribution in [0.4, 0.5) is 0 Å². The monoisotopic (exact) mass is 241 g/mol. The molecule has 2 heteroatoms. The zero-order chi connectivity index (χ0) is 13.0. The molecule has 0 radical (unpaired) electrons. The van der Waals surface area contributed by atoms with Gasteiger partial charge in [0.15, 0.2) is 0 Å². The third-order valence-corrected chi connectivity index (χ3v) is 2.89. The van der Waals surface area contributed by atoms with E-state index in [2.05, 4.69) is 31.2 Å². The molecule has 0 bridgehead atoms. The predicted molar refractivity (Wildman–Crippen MR) is 74.6 cm³/mol. The zero-order valence-corrected chi connectivity index (χ0v) is 10.8. The molecule has 2 nitrogen and oxygen atoms in total. The van der Waals surface area contributed by atoms with Crippen molar-refractivity contribution in [2.24, 2.45) is 5.73 Å². The number of para-hydroxylation sites is 1. The van der Waals surface area contributed by atoms with Crippen LogP contribution in [-0.2, 0) is 0 Å². The number of nitrogens with two attached hydrogens (primary N) is 1. The van der Waals surface area contributed by atoms with Gasteiger partial charge in [-0.2, -0.15) is 0 Å². The summed E-state index contributed by atoms with van der Waals surface area (Å²) in [5, 5.41) is 0. The molecule has 0 aliphatic carbocycles. The highest BCUT2D eigenvalue weighted by Crippen LogP contribution is 2.24. The average molecular weight is 241 g/mol. The van der Waals surface area contributed by atoms with Crippen molar-refractivity contribution in [2.45, 2.75) is 26.0 Å². The fourth-order valence-electron chi connectivity index (χ4n) is 1.88. The van der Waals surface area contributed by atoms with Gasteiger partial charge in [0.25, 0.3) is 0 Å². The van der Waals surface area contributed by atoms with E-state index in [-0.39, 0.29) is 12.1 Å². The van der Waals surface area contributed by atoms with E-state index in [1.165, 1.54) is 5.56 Å². The van der Waals surface area contributed by atoms with E-state index < -0.39 is 0 Å². The highest BCUT2D eigenvalue weighted by molar-refractivity contribution is 5.27. The summed E-state index contributed by atoms with van der Waals surface area (Å²) in [7, 11) is 0. The Morgan fingerprint density at radius 2 is 1.56 bits per heavy atom. The highest BCUT2D eigenvalue weighted by atomic mass is 16.5. The average Bonchev–Trinajstić information content (AvgIpc) is 2.38. The SMILES string of the molecule is Cc1ccc(C(Oc2ccccc2)C(C)N)cc1. The molecule has 0 aliphatic heterocycles. The first-order valence-electron chi connectivity index (χ1n) is 6.20. The summed E-state index contributed by atoms with van der Waals surface area (Å²) in [4.78, 5) is 0. The van der Waals surface area contributed by atoms with Gasteiger partial charge in [0.2, 0.25) is 0 Å². The summed E-state index contributed by atoms with van der Waals surface area (Å²) < 4.78 is 5.98. The first-order valence-corrected chi connectivity index (χ1v) is 6.20. The van der Waals surface area contributed by atoms with Crippen molar-refractivity contribution in [2.75, 3.05) is 0 Å². The van der Waals surface area contributed by atoms with Gasteiger partial charge in [-0.3, -0.25) is 0 Å². The number of benzene rings is 2. The van der Waals surface area contributed by atoms with Crippen molar-refractivity contribution in [1.29, 1.82) is 0 Å². The minimum atomic E-state index is -0.118. The number of hydrogen-bond acceptors (Lipinski definition) is 2. The summed E-state index contributed by atoms with van der Waals surface area (Å²) in [6.07, 6.45) is -0.118. The molecule has 94 valence electrons. The first-order chi connectivity index (χ1) is 8.66. The Bertz CT molecular complexity index is 476. The lowest BCUT2D eigenvalue weighted by molar-refractivity contribution is 0.180. The fraction of sp³-hybridized carbons (Fsp3) is 0.250. The number of rotatable bonds is 4. The van der Waals surface area contributed by atoms with E-state index in [4.69, 9.17) is 10.5 Å². The van der Waals surface area contributed by atoms with Crippen molar-refractivity contribution in [3.8, 4) is 5.75 Å². The van der Waals surface area contributed by atoms with Gasteiger partial charge in [0, 0.05) is 6.04 Å². The molecule has 0 saturated carbocycles. The van der Waals surface area contributed by atoms with Gasteiger partial charge < -0.3 is 10.5 Å². The van der Waals surface area contributed by atoms with Crippen LogP contribution in [0.2, 0.25) is 0 Å². The Hall–Kier alpha value is -1.80. The van der Waals surface area contributed by atoms with Gasteiger partial charge in [-0.05, 0) is 31.5 Å². The van der Waals surface area contributed by atoms with Crippen LogP contribution in [0.25, 0.3) is 0 Å². The van der Waals surface area contributed by atoms with Crippen LogP contribution in [0.1, 0.15) is 24.2 Å². The normalized spacial score (nSPS) is 13.9. The van der Waals surface area contributed by atoms with E-state index in [0.29, 0.717) is 0 Å². The molecular weight excluding hydrogens is 222 g/mol. The van der Waals surface area contributed by atoms with Gasteiger partial charge in [-0.15, -0.1) is 0 Å². The van der Waals surface area contributed by atoms with Crippen LogP contribution in [-0.4, -0.2) is 6.04 Å². The fourth-order valence-corrected chi connectivity index (χ4v) is 1.88. The lowest BCUT2D eigenvalue weighted by atomic mass is 10.0. The summed E-state index contributed by atoms with van der Waals surface area (Å²) in [5.41, 5.74) is 8.38. The Kier molecular flexibility index (Phi) is 4.00. The molecule has 0 amide bonds. The molecule has 0 saturated heterocycles. The highest BCUT2D eigenvalue weighted by Gasteiger charge is 2.17. The van der Waals surface area contributed by atoms with Crippen LogP contribution < -0.4 is 10.5 Å². The lowest BCUT2D eigenvalue weighted by Crippen LogP contribution is -2.29. The van der Waals surface area contributed by atoms with Gasteiger partial charge in [0.05, 0.1) is 0 Å². The quantitative estimate of drug-likeness (QED) is 0.889. The minimum absolute atomic E-state index is 0.0621. The van der Waals surface area contributed by atoms with Crippen molar-refractivity contribution >= 4 is 0 Å². The minimum Gasteiger partial charge on any atom is -0.484 e. The van der Waals surface area contributed by atoms with Crippen molar-refractivity contribution < 1.29 is 4.74 Å². The summed E-state index contributed by atoms with van der Waals surface area (Å²) in [6, 6.07) is 18.0. The Morgan fingerprint density at radius 1 is 0.944 bits per heavy atom. The van der Waals surface area contributed by atoms with E-state index in [1.54, 1.807) is 0 Å². The third kappa shape index (κ3) is 3.11. The van der Waals surface area contributed by atoms with Crippen LogP contribution in [0.3, 0.4) is 0 Å². The maximum absolute atomic E-state index is 6.03. The molecule has 2 N–H and O–H groups in total. The predicted octanol–water partition coefficient (Wildman–Crippen LogP) is 3.46. The Labute approximate surface area is 108 Å². The largest absolute Gasteiger partial charge is 0.484 e. The van der Waals surface area contributed by atoms with Crippen LogP contribution in [0.15, 0.2) is 54.6 Å². The summed E-state index contributed by atoms with van der Waals surface area (Å²) >= 11 is 0. The zero-order valence-electron chi connectivity index (χ0n) is 10.8. The molecule has 0 fully saturated rings. The van der Waals surface area contributed by atoms with Gasteiger partial charge >= 0.3 is 0 Å². The Morgan fingerprint density at radius 3 is 2.11 bits per heavy atom. The molecule has 0 aliphatic rings. The van der Waals surface area contributed by atoms with E-state index >= 15 is 0 Å². The molecule has 2 rings (SSSR count). The molecule has 0 aromatic heterocycles. The third-order valence-electron chi connectivity index (χ3n) is 2.89. The maximum atomic E-state index is 6.03. The molecule has 2 aromatic rings. The first kappa shape index (κ1) is 12.7. The van der Waals surface area contributed by atoms with Crippen LogP contribution in [0, 0.1) is 6.92 Å². The lowest BCUT2D eigenvalue weighted by Gasteiger charge is -2.23. The van der Waals surface area contributed by atoms with Gasteiger partial charge in [-0.1, -0.05) is 48.0 Å². The second-order valence-electron chi connectivity index (χ2n) is 4.62. The smallest absolute Gasteiger partial charge is 0.138 e. The maximum Gasteiger partial charge on any atom is 0.138 e. The second-order valence-corrected chi connectivity index (χ2v) is 4.62. The molecule has 2 unspecified atom stereocenters. The molecular formula is C16H19NO. The van der Waals surface area contributed by atoms with Gasteiger partial charge in [-0.25, -0.2) is 0 Å². The summed E-state index contributed by atoms with van der Waals surface area (Å²) in [5.74, 6) is 0.848. The number of aryl methyl sites for hydroxylation is 1. The van der Waals surface area contributed by atoms with Crippen molar-refractivity contribution in [3.63, 3.8) is 0 Å². The van der Waals surface area contributed by atoms with E-state index in [0.717, 1.165) is 11.3 Å². The number of hydrogen-bond donors (Lipinski definition) is 1. The second kappa shape index (κ2) is 5.69. The molecule has 2 atom stereocenters. The van der Waals surface area contributed by atoms with Crippen LogP contribution in [0.5, 0.6) is 5.75 Å². The van der Waals surface area contributed by atoms with Crippen molar-refractivity contribution in [3.05, 3.63) is 65.7 Å². The summed E-state index contributed by atoms with van der Waals surface area (Å²) in [6.45, 7) is 4.04. The molecule has 2 aromatic carbocycles. The van der Waals surface area contributed by atoms with Crippen molar-refractivity contribution in [1.82, 2.24) is 0 Å². The number of ether oxygens (including phenoxy) is 1. The molecule has 0 heterocycles. The van der Waals surface area contributed by atoms with Gasteiger partial charge in [0.1, 0.15) is 11.9 Å².